The van der Waals surface area contributed by atoms with Crippen LogP contribution in [0.5, 0.6) is 0 Å². The fourth-order valence-corrected chi connectivity index (χ4v) is 4.24. The molecule has 0 atom stereocenters. The number of aromatic amines is 1. The van der Waals surface area contributed by atoms with E-state index in [9.17, 15) is 14.0 Å². The van der Waals surface area contributed by atoms with E-state index in [4.69, 9.17) is 17.0 Å². The van der Waals surface area contributed by atoms with Crippen molar-refractivity contribution in [1.29, 1.82) is 0 Å². The minimum atomic E-state index is -0.264. The zero-order valence-corrected chi connectivity index (χ0v) is 18.7. The third kappa shape index (κ3) is 4.58. The molecule has 1 aliphatic heterocycles. The second kappa shape index (κ2) is 9.62. The number of benzene rings is 2. The molecule has 0 unspecified atom stereocenters. The first-order valence-corrected chi connectivity index (χ1v) is 10.9. The van der Waals surface area contributed by atoms with Gasteiger partial charge in [0.25, 0.3) is 11.5 Å². The predicted molar refractivity (Wildman–Crippen MR) is 124 cm³/mol. The highest BCUT2D eigenvalue weighted by Crippen LogP contribution is 2.19. The number of amides is 1. The number of methoxy groups -OCH3 is 1. The molecule has 2 aromatic carbocycles. The number of aromatic nitrogens is 2. The SMILES string of the molecule is COCCCn1c(=S)[nH]c2cc(C(=O)N3CCN(c4ccc(F)cc4)CC3)ccc2c1=O. The summed E-state index contributed by atoms with van der Waals surface area (Å²) in [6.45, 7) is 3.47. The van der Waals surface area contributed by atoms with Crippen LogP contribution in [0.1, 0.15) is 16.8 Å². The van der Waals surface area contributed by atoms with Gasteiger partial charge in [0.1, 0.15) is 5.82 Å². The number of carbonyl (C=O) groups excluding carboxylic acids is 1. The Labute approximate surface area is 190 Å². The molecular formula is C23H25FN4O3S. The van der Waals surface area contributed by atoms with Crippen LogP contribution in [0.25, 0.3) is 10.9 Å². The highest BCUT2D eigenvalue weighted by Gasteiger charge is 2.23. The number of ether oxygens (including phenoxy) is 1. The van der Waals surface area contributed by atoms with Crippen molar-refractivity contribution in [2.75, 3.05) is 44.8 Å². The summed E-state index contributed by atoms with van der Waals surface area (Å²) in [5.41, 5.74) is 1.83. The van der Waals surface area contributed by atoms with Crippen molar-refractivity contribution in [3.05, 3.63) is 69.0 Å². The monoisotopic (exact) mass is 456 g/mol. The second-order valence-electron chi connectivity index (χ2n) is 7.75. The number of anilines is 1. The van der Waals surface area contributed by atoms with Crippen molar-refractivity contribution in [2.45, 2.75) is 13.0 Å². The Morgan fingerprint density at radius 1 is 1.12 bits per heavy atom. The summed E-state index contributed by atoms with van der Waals surface area (Å²) in [5.74, 6) is -0.353. The summed E-state index contributed by atoms with van der Waals surface area (Å²) < 4.78 is 20.1. The summed E-state index contributed by atoms with van der Waals surface area (Å²) in [5, 5.41) is 0.494. The summed E-state index contributed by atoms with van der Waals surface area (Å²) in [4.78, 5) is 32.9. The Morgan fingerprint density at radius 3 is 2.53 bits per heavy atom. The van der Waals surface area contributed by atoms with Crippen LogP contribution in [-0.4, -0.2) is 60.3 Å². The summed E-state index contributed by atoms with van der Waals surface area (Å²) >= 11 is 5.36. The maximum atomic E-state index is 13.2. The standard InChI is InChI=1S/C23H25FN4O3S/c1-31-14-2-9-28-22(30)19-8-3-16(15-20(19)25-23(28)32)21(29)27-12-10-26(11-13-27)18-6-4-17(24)5-7-18/h3-8,15H,2,9-14H2,1H3,(H,25,32). The minimum Gasteiger partial charge on any atom is -0.385 e. The molecule has 1 aliphatic rings. The minimum absolute atomic E-state index is 0.0887. The molecule has 9 heteroatoms. The fraction of sp³-hybridized carbons (Fsp3) is 0.348. The molecule has 1 aromatic heterocycles. The Kier molecular flexibility index (Phi) is 6.66. The summed E-state index contributed by atoms with van der Waals surface area (Å²) in [6, 6.07) is 11.4. The number of hydrogen-bond donors (Lipinski definition) is 1. The number of halogens is 1. The highest BCUT2D eigenvalue weighted by molar-refractivity contribution is 7.71. The number of nitrogens with one attached hydrogen (secondary N) is 1. The molecular weight excluding hydrogens is 431 g/mol. The van der Waals surface area contributed by atoms with E-state index in [1.165, 1.54) is 16.7 Å². The second-order valence-corrected chi connectivity index (χ2v) is 8.14. The molecule has 2 heterocycles. The number of hydrogen-bond acceptors (Lipinski definition) is 5. The molecule has 4 rings (SSSR count). The molecule has 0 spiro atoms. The first-order valence-electron chi connectivity index (χ1n) is 10.5. The van der Waals surface area contributed by atoms with Gasteiger partial charge in [0, 0.05) is 57.7 Å². The first-order chi connectivity index (χ1) is 15.5. The Morgan fingerprint density at radius 2 is 1.84 bits per heavy atom. The average molecular weight is 457 g/mol. The lowest BCUT2D eigenvalue weighted by Gasteiger charge is -2.36. The lowest BCUT2D eigenvalue weighted by Crippen LogP contribution is -2.48. The quantitative estimate of drug-likeness (QED) is 0.456. The van der Waals surface area contributed by atoms with Crippen molar-refractivity contribution in [1.82, 2.24) is 14.5 Å². The number of piperazine rings is 1. The van der Waals surface area contributed by atoms with Gasteiger partial charge in [-0.05, 0) is 61.1 Å². The molecule has 0 radical (unpaired) electrons. The van der Waals surface area contributed by atoms with Crippen LogP contribution >= 0.6 is 12.2 Å². The van der Waals surface area contributed by atoms with E-state index in [0.29, 0.717) is 67.0 Å². The lowest BCUT2D eigenvalue weighted by molar-refractivity contribution is 0.0747. The molecule has 1 N–H and O–H groups in total. The van der Waals surface area contributed by atoms with Gasteiger partial charge in [-0.25, -0.2) is 4.39 Å². The van der Waals surface area contributed by atoms with Crippen LogP contribution in [0.15, 0.2) is 47.3 Å². The van der Waals surface area contributed by atoms with Gasteiger partial charge in [-0.2, -0.15) is 0 Å². The third-order valence-corrected chi connectivity index (χ3v) is 6.04. The van der Waals surface area contributed by atoms with Crippen LogP contribution < -0.4 is 10.5 Å². The van der Waals surface area contributed by atoms with E-state index >= 15 is 0 Å². The molecule has 1 fully saturated rings. The largest absolute Gasteiger partial charge is 0.385 e. The molecule has 0 aliphatic carbocycles. The molecule has 0 bridgehead atoms. The van der Waals surface area contributed by atoms with Crippen LogP contribution in [-0.2, 0) is 11.3 Å². The van der Waals surface area contributed by atoms with Crippen LogP contribution in [0, 0.1) is 10.6 Å². The van der Waals surface area contributed by atoms with Crippen LogP contribution in [0.4, 0.5) is 10.1 Å². The lowest BCUT2D eigenvalue weighted by atomic mass is 10.1. The molecule has 1 saturated heterocycles. The zero-order valence-electron chi connectivity index (χ0n) is 17.8. The fourth-order valence-electron chi connectivity index (χ4n) is 3.96. The summed E-state index contributed by atoms with van der Waals surface area (Å²) in [6.07, 6.45) is 0.680. The van der Waals surface area contributed by atoms with Gasteiger partial charge in [0.15, 0.2) is 4.77 Å². The van der Waals surface area contributed by atoms with Gasteiger partial charge in [-0.15, -0.1) is 0 Å². The van der Waals surface area contributed by atoms with Gasteiger partial charge < -0.3 is 19.5 Å². The zero-order chi connectivity index (χ0) is 22.7. The van der Waals surface area contributed by atoms with Gasteiger partial charge >= 0.3 is 0 Å². The Hall–Kier alpha value is -3.04. The molecule has 3 aromatic rings. The first kappa shape index (κ1) is 22.2. The van der Waals surface area contributed by atoms with Crippen molar-refractivity contribution in [3.63, 3.8) is 0 Å². The number of carbonyl (C=O) groups is 1. The maximum Gasteiger partial charge on any atom is 0.262 e. The van der Waals surface area contributed by atoms with Crippen molar-refractivity contribution < 1.29 is 13.9 Å². The number of H-pyrrole nitrogens is 1. The van der Waals surface area contributed by atoms with Crippen LogP contribution in [0.3, 0.4) is 0 Å². The highest BCUT2D eigenvalue weighted by atomic mass is 32.1. The van der Waals surface area contributed by atoms with E-state index in [0.717, 1.165) is 5.69 Å². The van der Waals surface area contributed by atoms with Gasteiger partial charge in [-0.3, -0.25) is 14.2 Å². The van der Waals surface area contributed by atoms with Gasteiger partial charge in [0.05, 0.1) is 10.9 Å². The summed E-state index contributed by atoms with van der Waals surface area (Å²) in [7, 11) is 1.62. The van der Waals surface area contributed by atoms with E-state index in [2.05, 4.69) is 9.88 Å². The van der Waals surface area contributed by atoms with E-state index in [1.54, 1.807) is 42.3 Å². The van der Waals surface area contributed by atoms with E-state index in [1.807, 2.05) is 0 Å². The van der Waals surface area contributed by atoms with Crippen molar-refractivity contribution >= 4 is 34.7 Å². The average Bonchev–Trinajstić information content (AvgIpc) is 2.81. The Bertz CT molecular complexity index is 1230. The molecule has 0 saturated carbocycles. The number of nitrogens with zero attached hydrogens (tertiary/aromatic N) is 3. The smallest absolute Gasteiger partial charge is 0.262 e. The van der Waals surface area contributed by atoms with E-state index < -0.39 is 0 Å². The number of fused-ring (bicyclic) bond motifs is 1. The van der Waals surface area contributed by atoms with E-state index in [-0.39, 0.29) is 17.3 Å². The molecule has 7 nitrogen and oxygen atoms in total. The van der Waals surface area contributed by atoms with Crippen LogP contribution in [0.2, 0.25) is 0 Å². The van der Waals surface area contributed by atoms with Gasteiger partial charge in [0.2, 0.25) is 0 Å². The number of rotatable bonds is 6. The molecule has 1 amide bonds. The predicted octanol–water partition coefficient (Wildman–Crippen LogP) is 3.20. The van der Waals surface area contributed by atoms with Gasteiger partial charge in [-0.1, -0.05) is 0 Å². The van der Waals surface area contributed by atoms with Crippen molar-refractivity contribution in [3.8, 4) is 0 Å². The normalized spacial score (nSPS) is 14.2. The molecule has 168 valence electrons. The third-order valence-electron chi connectivity index (χ3n) is 5.72. The topological polar surface area (TPSA) is 70.6 Å². The Balaban J connectivity index is 1.49. The van der Waals surface area contributed by atoms with Crippen molar-refractivity contribution in [2.24, 2.45) is 0 Å². The maximum absolute atomic E-state index is 13.2. The molecule has 32 heavy (non-hydrogen) atoms.